The van der Waals surface area contributed by atoms with Crippen LogP contribution in [0.2, 0.25) is 0 Å². The van der Waals surface area contributed by atoms with Gasteiger partial charge in [0.2, 0.25) is 5.91 Å². The molecule has 2 heterocycles. The Labute approximate surface area is 127 Å². The molecular formula is C15H20N4O3. The van der Waals surface area contributed by atoms with Gasteiger partial charge in [0.05, 0.1) is 29.8 Å². The molecule has 1 aliphatic heterocycles. The number of nitrogens with zero attached hydrogens (tertiary/aromatic N) is 1. The third-order valence-corrected chi connectivity index (χ3v) is 3.98. The normalized spacial score (nSPS) is 20.9. The number of hydrogen-bond acceptors (Lipinski definition) is 4. The summed E-state index contributed by atoms with van der Waals surface area (Å²) in [6.45, 7) is 6.05. The van der Waals surface area contributed by atoms with Crippen molar-refractivity contribution in [2.45, 2.75) is 26.0 Å². The van der Waals surface area contributed by atoms with Crippen molar-refractivity contribution >= 4 is 22.6 Å². The van der Waals surface area contributed by atoms with Crippen molar-refractivity contribution in [3.8, 4) is 0 Å². The van der Waals surface area contributed by atoms with Crippen molar-refractivity contribution < 1.29 is 9.53 Å². The number of rotatable bonds is 3. The van der Waals surface area contributed by atoms with E-state index in [0.29, 0.717) is 17.8 Å². The number of nitrogens with one attached hydrogen (secondary N) is 3. The monoisotopic (exact) mass is 304 g/mol. The Kier molecular flexibility index (Phi) is 4.00. The van der Waals surface area contributed by atoms with Gasteiger partial charge in [0.15, 0.2) is 0 Å². The lowest BCUT2D eigenvalue weighted by atomic mass is 10.2. The Balaban J connectivity index is 1.70. The fourth-order valence-electron chi connectivity index (χ4n) is 2.72. The molecule has 0 spiro atoms. The smallest absolute Gasteiger partial charge is 0.323 e. The summed E-state index contributed by atoms with van der Waals surface area (Å²) in [6, 6.07) is 5.07. The summed E-state index contributed by atoms with van der Waals surface area (Å²) in [5, 5.41) is 2.90. The third-order valence-electron chi connectivity index (χ3n) is 3.98. The first-order valence-corrected chi connectivity index (χ1v) is 7.41. The first-order chi connectivity index (χ1) is 10.5. The lowest BCUT2D eigenvalue weighted by Crippen LogP contribution is -2.50. The first-order valence-electron chi connectivity index (χ1n) is 7.41. The highest BCUT2D eigenvalue weighted by Gasteiger charge is 2.26. The number of anilines is 1. The Bertz CT molecular complexity index is 736. The van der Waals surface area contributed by atoms with Gasteiger partial charge >= 0.3 is 5.69 Å². The van der Waals surface area contributed by atoms with E-state index in [9.17, 15) is 9.59 Å². The molecular weight excluding hydrogens is 284 g/mol. The second-order valence-electron chi connectivity index (χ2n) is 5.68. The van der Waals surface area contributed by atoms with Gasteiger partial charge in [-0.3, -0.25) is 9.69 Å². The zero-order chi connectivity index (χ0) is 15.7. The molecule has 1 saturated heterocycles. The molecule has 7 nitrogen and oxygen atoms in total. The minimum absolute atomic E-state index is 0.0636. The molecule has 1 aromatic carbocycles. The van der Waals surface area contributed by atoms with E-state index in [-0.39, 0.29) is 23.7 Å². The summed E-state index contributed by atoms with van der Waals surface area (Å²) in [7, 11) is 0. The number of H-pyrrole nitrogens is 2. The highest BCUT2D eigenvalue weighted by atomic mass is 16.5. The van der Waals surface area contributed by atoms with E-state index >= 15 is 0 Å². The van der Waals surface area contributed by atoms with Crippen LogP contribution in [0.25, 0.3) is 11.0 Å². The van der Waals surface area contributed by atoms with E-state index < -0.39 is 0 Å². The standard InChI is InChI=1S/C15H20N4O3/c1-9-8-19(5-6-22-9)10(2)14(20)16-11-3-4-12-13(7-11)18-15(21)17-12/h3-4,7,9-10H,5-6,8H2,1-2H3,(H,16,20)(H2,17,18,21). The number of carbonyl (C=O) groups excluding carboxylic acids is 1. The van der Waals surface area contributed by atoms with Crippen LogP contribution >= 0.6 is 0 Å². The predicted octanol–water partition coefficient (Wildman–Crippen LogP) is 0.904. The predicted molar refractivity (Wildman–Crippen MR) is 84.0 cm³/mol. The van der Waals surface area contributed by atoms with Gasteiger partial charge in [-0.2, -0.15) is 0 Å². The number of carbonyl (C=O) groups is 1. The minimum atomic E-state index is -0.255. The maximum absolute atomic E-state index is 12.4. The molecule has 7 heteroatoms. The van der Waals surface area contributed by atoms with Crippen molar-refractivity contribution in [2.75, 3.05) is 25.0 Å². The van der Waals surface area contributed by atoms with E-state index in [4.69, 9.17) is 4.74 Å². The fraction of sp³-hybridized carbons (Fsp3) is 0.467. The molecule has 0 saturated carbocycles. The van der Waals surface area contributed by atoms with Gasteiger partial charge in [-0.1, -0.05) is 0 Å². The van der Waals surface area contributed by atoms with Gasteiger partial charge in [-0.25, -0.2) is 4.79 Å². The van der Waals surface area contributed by atoms with Crippen LogP contribution in [-0.4, -0.2) is 52.6 Å². The van der Waals surface area contributed by atoms with Crippen LogP contribution in [0.1, 0.15) is 13.8 Å². The second kappa shape index (κ2) is 5.94. The molecule has 0 radical (unpaired) electrons. The number of aromatic amines is 2. The largest absolute Gasteiger partial charge is 0.376 e. The zero-order valence-electron chi connectivity index (χ0n) is 12.7. The molecule has 2 atom stereocenters. The molecule has 1 aromatic heterocycles. The topological polar surface area (TPSA) is 90.2 Å². The molecule has 3 rings (SSSR count). The average molecular weight is 304 g/mol. The van der Waals surface area contributed by atoms with E-state index in [2.05, 4.69) is 20.2 Å². The summed E-state index contributed by atoms with van der Waals surface area (Å²) < 4.78 is 5.50. The molecule has 0 bridgehead atoms. The van der Waals surface area contributed by atoms with Crippen molar-refractivity contribution in [2.24, 2.45) is 0 Å². The van der Waals surface area contributed by atoms with Crippen molar-refractivity contribution in [3.05, 3.63) is 28.7 Å². The number of aromatic nitrogens is 2. The van der Waals surface area contributed by atoms with Crippen molar-refractivity contribution in [3.63, 3.8) is 0 Å². The molecule has 1 fully saturated rings. The van der Waals surface area contributed by atoms with Crippen LogP contribution in [0.3, 0.4) is 0 Å². The van der Waals surface area contributed by atoms with Gasteiger partial charge in [0.25, 0.3) is 0 Å². The fourth-order valence-corrected chi connectivity index (χ4v) is 2.72. The summed E-state index contributed by atoms with van der Waals surface area (Å²) in [4.78, 5) is 31.1. The number of benzene rings is 1. The summed E-state index contributed by atoms with van der Waals surface area (Å²) in [6.07, 6.45) is 0.144. The lowest BCUT2D eigenvalue weighted by Gasteiger charge is -2.34. The van der Waals surface area contributed by atoms with E-state index in [1.165, 1.54) is 0 Å². The molecule has 0 aliphatic carbocycles. The van der Waals surface area contributed by atoms with Crippen LogP contribution in [0.4, 0.5) is 5.69 Å². The van der Waals surface area contributed by atoms with E-state index in [1.807, 2.05) is 13.8 Å². The molecule has 22 heavy (non-hydrogen) atoms. The van der Waals surface area contributed by atoms with E-state index in [1.54, 1.807) is 18.2 Å². The molecule has 1 amide bonds. The van der Waals surface area contributed by atoms with Crippen molar-refractivity contribution in [1.29, 1.82) is 0 Å². The third kappa shape index (κ3) is 3.05. The van der Waals surface area contributed by atoms with Crippen LogP contribution in [-0.2, 0) is 9.53 Å². The number of ether oxygens (including phenoxy) is 1. The Hall–Kier alpha value is -2.12. The second-order valence-corrected chi connectivity index (χ2v) is 5.68. The van der Waals surface area contributed by atoms with Gasteiger partial charge in [-0.15, -0.1) is 0 Å². The van der Waals surface area contributed by atoms with Gasteiger partial charge in [0.1, 0.15) is 0 Å². The highest BCUT2D eigenvalue weighted by molar-refractivity contribution is 5.96. The lowest BCUT2D eigenvalue weighted by molar-refractivity contribution is -0.123. The highest BCUT2D eigenvalue weighted by Crippen LogP contribution is 2.16. The molecule has 3 N–H and O–H groups in total. The van der Waals surface area contributed by atoms with Crippen LogP contribution in [0.15, 0.2) is 23.0 Å². The summed E-state index contributed by atoms with van der Waals surface area (Å²) in [5.41, 5.74) is 1.81. The van der Waals surface area contributed by atoms with Gasteiger partial charge < -0.3 is 20.0 Å². The van der Waals surface area contributed by atoms with Crippen LogP contribution in [0, 0.1) is 0 Å². The zero-order valence-corrected chi connectivity index (χ0v) is 12.7. The molecule has 2 unspecified atom stereocenters. The number of fused-ring (bicyclic) bond motifs is 1. The SMILES string of the molecule is CC1CN(C(C)C(=O)Nc2ccc3[nH]c(=O)[nH]c3c2)CCO1. The Morgan fingerprint density at radius 2 is 2.18 bits per heavy atom. The van der Waals surface area contributed by atoms with Gasteiger partial charge in [0, 0.05) is 18.8 Å². The van der Waals surface area contributed by atoms with Crippen LogP contribution in [0.5, 0.6) is 0 Å². The first kappa shape index (κ1) is 14.8. The molecule has 118 valence electrons. The summed E-state index contributed by atoms with van der Waals surface area (Å²) >= 11 is 0. The Morgan fingerprint density at radius 1 is 1.41 bits per heavy atom. The maximum atomic E-state index is 12.4. The Morgan fingerprint density at radius 3 is 2.95 bits per heavy atom. The molecule has 2 aromatic rings. The van der Waals surface area contributed by atoms with E-state index in [0.717, 1.165) is 18.6 Å². The number of imidazole rings is 1. The number of morpholine rings is 1. The minimum Gasteiger partial charge on any atom is -0.376 e. The average Bonchev–Trinajstić information content (AvgIpc) is 2.85. The maximum Gasteiger partial charge on any atom is 0.323 e. The van der Waals surface area contributed by atoms with Gasteiger partial charge in [-0.05, 0) is 32.0 Å². The quantitative estimate of drug-likeness (QED) is 0.786. The van der Waals surface area contributed by atoms with Crippen molar-refractivity contribution in [1.82, 2.24) is 14.9 Å². The molecule has 1 aliphatic rings. The van der Waals surface area contributed by atoms with Crippen LogP contribution < -0.4 is 11.0 Å². The summed E-state index contributed by atoms with van der Waals surface area (Å²) in [5.74, 6) is -0.0636. The number of amides is 1. The number of hydrogen-bond donors (Lipinski definition) is 3.